The molecule has 1 N–H and O–H groups in total. The summed E-state index contributed by atoms with van der Waals surface area (Å²) in [6, 6.07) is 12.2. The lowest BCUT2D eigenvalue weighted by molar-refractivity contribution is 0.171. The van der Waals surface area contributed by atoms with E-state index in [9.17, 15) is 0 Å². The fraction of sp³-hybridized carbons (Fsp3) is 0.250. The van der Waals surface area contributed by atoms with Gasteiger partial charge in [0.05, 0.1) is 6.04 Å². The van der Waals surface area contributed by atoms with Gasteiger partial charge in [0.25, 0.3) is 0 Å². The zero-order valence-corrected chi connectivity index (χ0v) is 14.4. The number of halogens is 2. The molecule has 1 heterocycles. The molecule has 21 heavy (non-hydrogen) atoms. The minimum Gasteiger partial charge on any atom is -0.486 e. The topological polar surface area (TPSA) is 30.5 Å². The summed E-state index contributed by atoms with van der Waals surface area (Å²) in [5, 5.41) is 4.00. The van der Waals surface area contributed by atoms with Gasteiger partial charge < -0.3 is 14.8 Å². The molecule has 5 heteroatoms. The standard InChI is InChI=1S/C16H15ClINO2/c1-19-16(10-3-2-4-11(18)7-10)12-8-14-15(9-13(12)17)21-6-5-20-14/h2-4,7-9,16,19H,5-6H2,1H3. The van der Waals surface area contributed by atoms with Gasteiger partial charge in [-0.3, -0.25) is 0 Å². The van der Waals surface area contributed by atoms with Crippen LogP contribution in [0.2, 0.25) is 5.02 Å². The lowest BCUT2D eigenvalue weighted by Gasteiger charge is -2.23. The maximum absolute atomic E-state index is 6.45. The van der Waals surface area contributed by atoms with E-state index in [-0.39, 0.29) is 6.04 Å². The summed E-state index contributed by atoms with van der Waals surface area (Å²) in [5.41, 5.74) is 2.16. The van der Waals surface area contributed by atoms with Crippen LogP contribution in [0.25, 0.3) is 0 Å². The van der Waals surface area contributed by atoms with Gasteiger partial charge in [0, 0.05) is 14.7 Å². The summed E-state index contributed by atoms with van der Waals surface area (Å²) < 4.78 is 12.4. The third-order valence-electron chi connectivity index (χ3n) is 3.44. The van der Waals surface area contributed by atoms with Crippen LogP contribution >= 0.6 is 34.2 Å². The van der Waals surface area contributed by atoms with Crippen molar-refractivity contribution in [2.45, 2.75) is 6.04 Å². The van der Waals surface area contributed by atoms with Crippen LogP contribution in [0.4, 0.5) is 0 Å². The highest BCUT2D eigenvalue weighted by Gasteiger charge is 2.21. The van der Waals surface area contributed by atoms with Gasteiger partial charge in [-0.25, -0.2) is 0 Å². The van der Waals surface area contributed by atoms with Crippen LogP contribution in [0.1, 0.15) is 17.2 Å². The van der Waals surface area contributed by atoms with Crippen molar-refractivity contribution in [1.82, 2.24) is 5.32 Å². The van der Waals surface area contributed by atoms with E-state index >= 15 is 0 Å². The maximum Gasteiger partial charge on any atom is 0.162 e. The van der Waals surface area contributed by atoms with Crippen molar-refractivity contribution < 1.29 is 9.47 Å². The molecule has 0 fully saturated rings. The second-order valence-corrected chi connectivity index (χ2v) is 6.45. The van der Waals surface area contributed by atoms with Gasteiger partial charge >= 0.3 is 0 Å². The summed E-state index contributed by atoms with van der Waals surface area (Å²) in [6.07, 6.45) is 0. The molecule has 1 atom stereocenters. The fourth-order valence-electron chi connectivity index (χ4n) is 2.49. The molecule has 0 bridgehead atoms. The highest BCUT2D eigenvalue weighted by atomic mass is 127. The molecular weight excluding hydrogens is 401 g/mol. The molecular formula is C16H15ClINO2. The van der Waals surface area contributed by atoms with Crippen LogP contribution in [0.5, 0.6) is 11.5 Å². The molecule has 0 aliphatic carbocycles. The van der Waals surface area contributed by atoms with Crippen LogP contribution < -0.4 is 14.8 Å². The van der Waals surface area contributed by atoms with Crippen LogP contribution in [-0.2, 0) is 0 Å². The van der Waals surface area contributed by atoms with Gasteiger partial charge in [0.2, 0.25) is 0 Å². The molecule has 0 radical (unpaired) electrons. The first-order valence-corrected chi connectivity index (χ1v) is 8.16. The van der Waals surface area contributed by atoms with Crippen molar-refractivity contribution in [3.05, 3.63) is 56.1 Å². The molecule has 0 saturated heterocycles. The zero-order chi connectivity index (χ0) is 14.8. The van der Waals surface area contributed by atoms with Crippen LogP contribution in [0.3, 0.4) is 0 Å². The Bertz CT molecular complexity index is 663. The Morgan fingerprint density at radius 2 is 1.86 bits per heavy atom. The lowest BCUT2D eigenvalue weighted by Crippen LogP contribution is -2.20. The van der Waals surface area contributed by atoms with E-state index in [1.807, 2.05) is 25.2 Å². The molecule has 2 aromatic rings. The molecule has 3 rings (SSSR count). The van der Waals surface area contributed by atoms with E-state index in [4.69, 9.17) is 21.1 Å². The van der Waals surface area contributed by atoms with Crippen LogP contribution in [0.15, 0.2) is 36.4 Å². The molecule has 1 aliphatic heterocycles. The molecule has 2 aromatic carbocycles. The largest absolute Gasteiger partial charge is 0.486 e. The summed E-state index contributed by atoms with van der Waals surface area (Å²) in [4.78, 5) is 0. The first kappa shape index (κ1) is 14.9. The summed E-state index contributed by atoms with van der Waals surface area (Å²) in [6.45, 7) is 1.14. The minimum absolute atomic E-state index is 0.0167. The predicted octanol–water partition coefficient (Wildman–Crippen LogP) is 4.02. The Morgan fingerprint density at radius 3 is 2.52 bits per heavy atom. The van der Waals surface area contributed by atoms with Gasteiger partial charge in [-0.15, -0.1) is 0 Å². The third-order valence-corrected chi connectivity index (χ3v) is 4.44. The molecule has 1 unspecified atom stereocenters. The molecule has 110 valence electrons. The first-order valence-electron chi connectivity index (χ1n) is 6.71. The Balaban J connectivity index is 2.04. The van der Waals surface area contributed by atoms with Gasteiger partial charge in [-0.2, -0.15) is 0 Å². The molecule has 0 amide bonds. The number of hydrogen-bond donors (Lipinski definition) is 1. The van der Waals surface area contributed by atoms with Crippen molar-refractivity contribution in [3.8, 4) is 11.5 Å². The molecule has 3 nitrogen and oxygen atoms in total. The lowest BCUT2D eigenvalue weighted by atomic mass is 9.98. The monoisotopic (exact) mass is 415 g/mol. The van der Waals surface area contributed by atoms with Gasteiger partial charge in [0.15, 0.2) is 11.5 Å². The second-order valence-electron chi connectivity index (χ2n) is 4.79. The van der Waals surface area contributed by atoms with E-state index in [1.54, 1.807) is 0 Å². The number of hydrogen-bond acceptors (Lipinski definition) is 3. The molecule has 0 aromatic heterocycles. The van der Waals surface area contributed by atoms with Crippen molar-refractivity contribution in [2.24, 2.45) is 0 Å². The normalized spacial score (nSPS) is 14.8. The highest BCUT2D eigenvalue weighted by molar-refractivity contribution is 14.1. The van der Waals surface area contributed by atoms with Crippen LogP contribution in [0, 0.1) is 3.57 Å². The summed E-state index contributed by atoms with van der Waals surface area (Å²) >= 11 is 8.76. The van der Waals surface area contributed by atoms with Crippen molar-refractivity contribution >= 4 is 34.2 Å². The van der Waals surface area contributed by atoms with E-state index in [0.717, 1.165) is 11.3 Å². The van der Waals surface area contributed by atoms with E-state index in [1.165, 1.54) is 9.13 Å². The number of ether oxygens (including phenoxy) is 2. The Kier molecular flexibility index (Phi) is 4.57. The maximum atomic E-state index is 6.45. The average Bonchev–Trinajstić information content (AvgIpc) is 2.48. The van der Waals surface area contributed by atoms with Gasteiger partial charge in [-0.05, 0) is 59.0 Å². The number of rotatable bonds is 3. The molecule has 0 spiro atoms. The minimum atomic E-state index is 0.0167. The Hall–Kier alpha value is -0.980. The predicted molar refractivity (Wildman–Crippen MR) is 92.5 cm³/mol. The quantitative estimate of drug-likeness (QED) is 0.768. The molecule has 1 aliphatic rings. The van der Waals surface area contributed by atoms with Crippen LogP contribution in [-0.4, -0.2) is 20.3 Å². The number of benzene rings is 2. The highest BCUT2D eigenvalue weighted by Crippen LogP contribution is 2.39. The van der Waals surface area contributed by atoms with E-state index < -0.39 is 0 Å². The second kappa shape index (κ2) is 6.42. The Labute approximate surface area is 142 Å². The average molecular weight is 416 g/mol. The Morgan fingerprint density at radius 1 is 1.14 bits per heavy atom. The number of fused-ring (bicyclic) bond motifs is 1. The van der Waals surface area contributed by atoms with Gasteiger partial charge in [0.1, 0.15) is 13.2 Å². The van der Waals surface area contributed by atoms with Crippen molar-refractivity contribution in [3.63, 3.8) is 0 Å². The zero-order valence-electron chi connectivity index (χ0n) is 11.5. The SMILES string of the molecule is CNC(c1cccc(I)c1)c1cc2c(cc1Cl)OCCO2. The van der Waals surface area contributed by atoms with Crippen molar-refractivity contribution in [2.75, 3.05) is 20.3 Å². The summed E-state index contributed by atoms with van der Waals surface area (Å²) in [5.74, 6) is 1.47. The van der Waals surface area contributed by atoms with Gasteiger partial charge in [-0.1, -0.05) is 23.7 Å². The fourth-order valence-corrected chi connectivity index (χ4v) is 3.32. The van der Waals surface area contributed by atoms with Crippen molar-refractivity contribution in [1.29, 1.82) is 0 Å². The first-order chi connectivity index (χ1) is 10.2. The third kappa shape index (κ3) is 3.12. The van der Waals surface area contributed by atoms with E-state index in [0.29, 0.717) is 24.0 Å². The summed E-state index contributed by atoms with van der Waals surface area (Å²) in [7, 11) is 1.93. The van der Waals surface area contributed by atoms with E-state index in [2.05, 4.69) is 46.1 Å². The number of nitrogens with one attached hydrogen (secondary N) is 1. The smallest absolute Gasteiger partial charge is 0.162 e. The molecule has 0 saturated carbocycles.